The predicted octanol–water partition coefficient (Wildman–Crippen LogP) is -0.805. The zero-order valence-electron chi connectivity index (χ0n) is 32.0. The van der Waals surface area contributed by atoms with Gasteiger partial charge < -0.3 is 84.2 Å². The molecule has 54 heavy (non-hydrogen) atoms. The van der Waals surface area contributed by atoms with E-state index in [0.717, 1.165) is 31.6 Å². The average molecular weight is 787 g/mol. The van der Waals surface area contributed by atoms with Gasteiger partial charge in [-0.1, -0.05) is 90.9 Å². The van der Waals surface area contributed by atoms with E-state index in [2.05, 4.69) is 13.8 Å². The van der Waals surface area contributed by atoms with Crippen LogP contribution in [0.1, 0.15) is 97.3 Å². The SMILES string of the molecule is CCCCCCC(C)CCCCCCCCCOCC(CO[C@@H]1OC[C@@H](O)[C@H](O)[C@H]1O)O[C@@H]1O[C@H](CO)[C@@H](O)[C@H](O)[C@H]1O[C@@H]1O[C@H](CO)[C@@H](O)[C@H](O)[C@H]1O. The van der Waals surface area contributed by atoms with Crippen LogP contribution in [0.2, 0.25) is 0 Å². The quantitative estimate of drug-likeness (QED) is 0.0481. The molecule has 0 radical (unpaired) electrons. The van der Waals surface area contributed by atoms with E-state index in [1.807, 2.05) is 0 Å². The minimum atomic E-state index is -1.84. The van der Waals surface area contributed by atoms with Crippen molar-refractivity contribution in [2.75, 3.05) is 39.6 Å². The second-order valence-corrected chi connectivity index (χ2v) is 15.1. The molecule has 16 atom stereocenters. The van der Waals surface area contributed by atoms with Gasteiger partial charge in [-0.3, -0.25) is 0 Å². The van der Waals surface area contributed by atoms with Gasteiger partial charge in [-0.25, -0.2) is 0 Å². The molecule has 10 N–H and O–H groups in total. The average Bonchev–Trinajstić information content (AvgIpc) is 3.16. The van der Waals surface area contributed by atoms with Gasteiger partial charge in [-0.15, -0.1) is 0 Å². The van der Waals surface area contributed by atoms with E-state index < -0.39 is 105 Å². The summed E-state index contributed by atoms with van der Waals surface area (Å²) < 4.78 is 40.0. The number of unbranched alkanes of at least 4 members (excludes halogenated alkanes) is 9. The highest BCUT2D eigenvalue weighted by Crippen LogP contribution is 2.31. The van der Waals surface area contributed by atoms with Crippen molar-refractivity contribution < 1.29 is 84.2 Å². The van der Waals surface area contributed by atoms with Gasteiger partial charge in [-0.2, -0.15) is 0 Å². The summed E-state index contributed by atoms with van der Waals surface area (Å²) in [6.45, 7) is 2.79. The molecular formula is C37H70O17. The van der Waals surface area contributed by atoms with Crippen LogP contribution in [-0.4, -0.2) is 183 Å². The molecule has 3 aliphatic heterocycles. The summed E-state index contributed by atoms with van der Waals surface area (Å²) in [5.41, 5.74) is 0. The Labute approximate surface area is 319 Å². The van der Waals surface area contributed by atoms with Crippen LogP contribution in [0.3, 0.4) is 0 Å². The van der Waals surface area contributed by atoms with E-state index in [9.17, 15) is 51.1 Å². The molecule has 0 aromatic heterocycles. The first kappa shape index (κ1) is 47.7. The lowest BCUT2D eigenvalue weighted by molar-refractivity contribution is -0.374. The van der Waals surface area contributed by atoms with Gasteiger partial charge >= 0.3 is 0 Å². The van der Waals surface area contributed by atoms with Crippen LogP contribution < -0.4 is 0 Å². The molecule has 0 aromatic carbocycles. The molecule has 0 amide bonds. The minimum absolute atomic E-state index is 0.0975. The molecule has 3 saturated heterocycles. The molecule has 0 aromatic rings. The summed E-state index contributed by atoms with van der Waals surface area (Å²) in [5.74, 6) is 0.787. The molecule has 3 fully saturated rings. The van der Waals surface area contributed by atoms with Crippen LogP contribution in [0, 0.1) is 5.92 Å². The third kappa shape index (κ3) is 14.9. The summed E-state index contributed by atoms with van der Waals surface area (Å²) >= 11 is 0. The predicted molar refractivity (Wildman–Crippen MR) is 191 cm³/mol. The molecule has 3 aliphatic rings. The summed E-state index contributed by atoms with van der Waals surface area (Å²) in [6.07, 6.45) is -7.63. The Bertz CT molecular complexity index is 966. The number of aliphatic hydroxyl groups is 10. The Hall–Kier alpha value is -0.680. The van der Waals surface area contributed by atoms with E-state index in [0.29, 0.717) is 6.61 Å². The lowest BCUT2D eigenvalue weighted by Crippen LogP contribution is -2.65. The van der Waals surface area contributed by atoms with E-state index in [1.54, 1.807) is 0 Å². The smallest absolute Gasteiger partial charge is 0.187 e. The molecule has 17 nitrogen and oxygen atoms in total. The van der Waals surface area contributed by atoms with Gasteiger partial charge in [0.1, 0.15) is 73.2 Å². The van der Waals surface area contributed by atoms with Crippen molar-refractivity contribution in [2.45, 2.75) is 189 Å². The van der Waals surface area contributed by atoms with Crippen LogP contribution in [0.5, 0.6) is 0 Å². The molecule has 0 spiro atoms. The van der Waals surface area contributed by atoms with Gasteiger partial charge in [0.2, 0.25) is 0 Å². The Kier molecular flexibility index (Phi) is 22.6. The normalized spacial score (nSPS) is 37.3. The van der Waals surface area contributed by atoms with Crippen molar-refractivity contribution >= 4 is 0 Å². The number of rotatable bonds is 26. The van der Waals surface area contributed by atoms with E-state index in [4.69, 9.17) is 33.2 Å². The molecule has 17 heteroatoms. The molecule has 3 heterocycles. The number of ether oxygens (including phenoxy) is 7. The maximum absolute atomic E-state index is 11.0. The van der Waals surface area contributed by atoms with Crippen molar-refractivity contribution in [3.05, 3.63) is 0 Å². The third-order valence-electron chi connectivity index (χ3n) is 10.5. The third-order valence-corrected chi connectivity index (χ3v) is 10.5. The van der Waals surface area contributed by atoms with Gasteiger partial charge in [-0.05, 0) is 12.3 Å². The van der Waals surface area contributed by atoms with Gasteiger partial charge in [0, 0.05) is 6.61 Å². The van der Waals surface area contributed by atoms with E-state index >= 15 is 0 Å². The van der Waals surface area contributed by atoms with Crippen molar-refractivity contribution in [3.8, 4) is 0 Å². The summed E-state index contributed by atoms with van der Waals surface area (Å²) in [5, 5.41) is 102. The molecule has 2 unspecified atom stereocenters. The van der Waals surface area contributed by atoms with Gasteiger partial charge in [0.25, 0.3) is 0 Å². The zero-order chi connectivity index (χ0) is 39.6. The van der Waals surface area contributed by atoms with Gasteiger partial charge in [0.15, 0.2) is 18.9 Å². The lowest BCUT2D eigenvalue weighted by atomic mass is 9.96. The molecule has 3 rings (SSSR count). The first-order valence-corrected chi connectivity index (χ1v) is 20.0. The maximum Gasteiger partial charge on any atom is 0.187 e. The molecule has 0 bridgehead atoms. The van der Waals surface area contributed by atoms with Crippen molar-refractivity contribution in [1.82, 2.24) is 0 Å². The van der Waals surface area contributed by atoms with Crippen molar-refractivity contribution in [2.24, 2.45) is 5.92 Å². The molecule has 0 aliphatic carbocycles. The standard InChI is InChI=1S/C37H70O17/c1-3-4-5-11-14-22(2)15-12-9-7-6-8-10-13-16-48-19-23(20-49-35-32(46)27(41)24(40)21-50-35)51-37-34(31(45)29(43)26(18-39)53-37)54-36-33(47)30(44)28(42)25(17-38)52-36/h22-47H,3-21H2,1-2H3/t22?,23?,24-,25-,26-,27+,28-,29-,30+,31+,32-,33-,34-,35-,36+,37-/m1/s1. The zero-order valence-corrected chi connectivity index (χ0v) is 32.0. The number of aliphatic hydroxyl groups excluding tert-OH is 10. The fraction of sp³-hybridized carbons (Fsp3) is 1.00. The topological polar surface area (TPSA) is 267 Å². The highest BCUT2D eigenvalue weighted by atomic mass is 16.8. The highest BCUT2D eigenvalue weighted by molar-refractivity contribution is 4.94. The van der Waals surface area contributed by atoms with Crippen LogP contribution in [0.15, 0.2) is 0 Å². The summed E-state index contributed by atoms with van der Waals surface area (Å²) in [6, 6.07) is 0. The highest BCUT2D eigenvalue weighted by Gasteiger charge is 2.51. The fourth-order valence-electron chi connectivity index (χ4n) is 6.95. The maximum atomic E-state index is 11.0. The Balaban J connectivity index is 1.54. The van der Waals surface area contributed by atoms with Crippen molar-refractivity contribution in [1.29, 1.82) is 0 Å². The largest absolute Gasteiger partial charge is 0.394 e. The Morgan fingerprint density at radius 1 is 0.593 bits per heavy atom. The second kappa shape index (κ2) is 25.6. The van der Waals surface area contributed by atoms with E-state index in [-0.39, 0.29) is 19.8 Å². The lowest BCUT2D eigenvalue weighted by Gasteiger charge is -2.46. The number of hydrogen-bond donors (Lipinski definition) is 10. The van der Waals surface area contributed by atoms with Crippen LogP contribution >= 0.6 is 0 Å². The molecular weight excluding hydrogens is 716 g/mol. The van der Waals surface area contributed by atoms with E-state index in [1.165, 1.54) is 57.8 Å². The van der Waals surface area contributed by atoms with Crippen LogP contribution in [-0.2, 0) is 33.2 Å². The first-order chi connectivity index (χ1) is 25.9. The Morgan fingerprint density at radius 2 is 1.15 bits per heavy atom. The number of hydrogen-bond acceptors (Lipinski definition) is 17. The molecule has 320 valence electrons. The van der Waals surface area contributed by atoms with Gasteiger partial charge in [0.05, 0.1) is 33.0 Å². The minimum Gasteiger partial charge on any atom is -0.394 e. The second-order valence-electron chi connectivity index (χ2n) is 15.1. The van der Waals surface area contributed by atoms with Crippen molar-refractivity contribution in [3.63, 3.8) is 0 Å². The summed E-state index contributed by atoms with van der Waals surface area (Å²) in [7, 11) is 0. The summed E-state index contributed by atoms with van der Waals surface area (Å²) in [4.78, 5) is 0. The Morgan fingerprint density at radius 3 is 1.78 bits per heavy atom. The first-order valence-electron chi connectivity index (χ1n) is 20.0. The monoisotopic (exact) mass is 786 g/mol. The fourth-order valence-corrected chi connectivity index (χ4v) is 6.95. The molecule has 0 saturated carbocycles. The van der Waals surface area contributed by atoms with Crippen LogP contribution in [0.25, 0.3) is 0 Å². The van der Waals surface area contributed by atoms with Crippen LogP contribution in [0.4, 0.5) is 0 Å².